The number of fused-ring (bicyclic) bond motifs is 2. The van der Waals surface area contributed by atoms with E-state index in [2.05, 4.69) is 16.6 Å². The molecule has 2 bridgehead atoms. The van der Waals surface area contributed by atoms with E-state index in [0.717, 1.165) is 50.9 Å². The van der Waals surface area contributed by atoms with Crippen LogP contribution in [-0.2, 0) is 9.53 Å². The van der Waals surface area contributed by atoms with Gasteiger partial charge in [-0.1, -0.05) is 22.5 Å². The molecule has 3 heterocycles. The van der Waals surface area contributed by atoms with Crippen LogP contribution < -0.4 is 0 Å². The molecule has 23 heavy (non-hydrogen) atoms. The van der Waals surface area contributed by atoms with Crippen molar-refractivity contribution in [1.29, 1.82) is 0 Å². The summed E-state index contributed by atoms with van der Waals surface area (Å²) < 4.78 is 5.59. The van der Waals surface area contributed by atoms with Crippen LogP contribution in [0.5, 0.6) is 0 Å². The summed E-state index contributed by atoms with van der Waals surface area (Å²) >= 11 is 4.23. The highest BCUT2D eigenvalue weighted by molar-refractivity contribution is 9.05. The number of nitrogens with zero attached hydrogens (tertiary/aromatic N) is 1. The number of aliphatic hydroxyl groups is 1. The second kappa shape index (κ2) is 6.01. The van der Waals surface area contributed by atoms with Crippen LogP contribution in [0.3, 0.4) is 0 Å². The van der Waals surface area contributed by atoms with Gasteiger partial charge in [0.25, 0.3) is 0 Å². The lowest BCUT2D eigenvalue weighted by Gasteiger charge is -2.44. The molecule has 1 N–H and O–H groups in total. The number of carbonyl (C=O) groups excluding carboxylic acids is 1. The zero-order valence-corrected chi connectivity index (χ0v) is 16.0. The van der Waals surface area contributed by atoms with Gasteiger partial charge in [-0.3, -0.25) is 4.79 Å². The van der Waals surface area contributed by atoms with Crippen LogP contribution >= 0.6 is 32.3 Å². The summed E-state index contributed by atoms with van der Waals surface area (Å²) in [6.07, 6.45) is 5.91. The maximum Gasteiger partial charge on any atom is 0.229 e. The van der Waals surface area contributed by atoms with E-state index in [-0.39, 0.29) is 29.5 Å². The molecule has 3 saturated heterocycles. The Kier molecular flexibility index (Phi) is 4.41. The molecule has 4 nitrogen and oxygen atoms in total. The van der Waals surface area contributed by atoms with Gasteiger partial charge >= 0.3 is 0 Å². The quantitative estimate of drug-likeness (QED) is 0.425. The highest BCUT2D eigenvalue weighted by Gasteiger charge is 2.61. The van der Waals surface area contributed by atoms with Crippen molar-refractivity contribution in [3.05, 3.63) is 0 Å². The molecule has 7 heteroatoms. The Labute approximate surface area is 150 Å². The molecule has 0 aromatic rings. The summed E-state index contributed by atoms with van der Waals surface area (Å²) in [6.45, 7) is 2.66. The molecule has 4 rings (SSSR count). The SMILES string of the molecule is CC1(O)CC2CCC(C1)N2C(=O)C(C1CO1)C1(CSSS)CC1. The number of piperidine rings is 1. The molecule has 0 aromatic carbocycles. The molecule has 1 aliphatic carbocycles. The van der Waals surface area contributed by atoms with Gasteiger partial charge in [0.15, 0.2) is 0 Å². The molecule has 4 aliphatic rings. The van der Waals surface area contributed by atoms with Gasteiger partial charge < -0.3 is 14.7 Å². The van der Waals surface area contributed by atoms with E-state index >= 15 is 0 Å². The second-order valence-electron chi connectivity index (χ2n) is 8.08. The van der Waals surface area contributed by atoms with E-state index in [1.54, 1.807) is 10.8 Å². The van der Waals surface area contributed by atoms with E-state index < -0.39 is 5.60 Å². The van der Waals surface area contributed by atoms with E-state index in [0.29, 0.717) is 5.91 Å². The fourth-order valence-corrected chi connectivity index (χ4v) is 6.99. The van der Waals surface area contributed by atoms with Crippen molar-refractivity contribution in [2.75, 3.05) is 12.4 Å². The summed E-state index contributed by atoms with van der Waals surface area (Å²) in [4.78, 5) is 15.6. The van der Waals surface area contributed by atoms with Gasteiger partial charge in [0.2, 0.25) is 5.91 Å². The van der Waals surface area contributed by atoms with E-state index in [9.17, 15) is 9.90 Å². The number of ether oxygens (including phenoxy) is 1. The van der Waals surface area contributed by atoms with Crippen molar-refractivity contribution in [2.45, 2.75) is 69.2 Å². The molecule has 130 valence electrons. The Morgan fingerprint density at radius 1 is 1.39 bits per heavy atom. The predicted molar refractivity (Wildman–Crippen MR) is 97.4 cm³/mol. The maximum absolute atomic E-state index is 13.4. The number of epoxide rings is 1. The van der Waals surface area contributed by atoms with Gasteiger partial charge in [0.05, 0.1) is 24.2 Å². The van der Waals surface area contributed by atoms with Gasteiger partial charge in [-0.2, -0.15) is 0 Å². The lowest BCUT2D eigenvalue weighted by atomic mass is 9.83. The molecular weight excluding hydrogens is 350 g/mol. The van der Waals surface area contributed by atoms with Crippen molar-refractivity contribution in [3.63, 3.8) is 0 Å². The predicted octanol–water partition coefficient (Wildman–Crippen LogP) is 2.91. The van der Waals surface area contributed by atoms with E-state index in [1.165, 1.54) is 9.83 Å². The molecular formula is C16H25NO3S3. The summed E-state index contributed by atoms with van der Waals surface area (Å²) in [5.74, 6) is 1.30. The topological polar surface area (TPSA) is 53.1 Å². The second-order valence-corrected chi connectivity index (χ2v) is 11.3. The Bertz CT molecular complexity index is 477. The standard InChI is InChI=1S/C16H25NO3S3/c1-15(19)6-10-2-3-11(7-15)17(10)14(18)13(12-8-20-12)16(4-5-16)9-22-23-21/h10-13,19,21H,2-9H2,1H3. The van der Waals surface area contributed by atoms with Crippen LogP contribution in [0.2, 0.25) is 0 Å². The van der Waals surface area contributed by atoms with Crippen molar-refractivity contribution >= 4 is 38.2 Å². The van der Waals surface area contributed by atoms with Gasteiger partial charge in [0, 0.05) is 17.8 Å². The molecule has 4 fully saturated rings. The first-order chi connectivity index (χ1) is 11.0. The van der Waals surface area contributed by atoms with Gasteiger partial charge in [-0.25, -0.2) is 0 Å². The van der Waals surface area contributed by atoms with Gasteiger partial charge in [-0.15, -0.1) is 0 Å². The van der Waals surface area contributed by atoms with Crippen LogP contribution in [0.15, 0.2) is 0 Å². The third kappa shape index (κ3) is 3.16. The van der Waals surface area contributed by atoms with Gasteiger partial charge in [0.1, 0.15) is 0 Å². The number of hydrogen-bond donors (Lipinski definition) is 2. The molecule has 1 saturated carbocycles. The van der Waals surface area contributed by atoms with E-state index in [1.807, 2.05) is 6.92 Å². The van der Waals surface area contributed by atoms with E-state index in [4.69, 9.17) is 4.74 Å². The molecule has 4 unspecified atom stereocenters. The number of thiol groups is 1. The van der Waals surface area contributed by atoms with Crippen molar-refractivity contribution < 1.29 is 14.6 Å². The number of carbonyl (C=O) groups is 1. The van der Waals surface area contributed by atoms with Crippen LogP contribution in [-0.4, -0.2) is 52.1 Å². The largest absolute Gasteiger partial charge is 0.390 e. The minimum Gasteiger partial charge on any atom is -0.390 e. The Hall–Kier alpha value is 0.440. The Morgan fingerprint density at radius 2 is 2.00 bits per heavy atom. The third-order valence-electron chi connectivity index (χ3n) is 6.17. The van der Waals surface area contributed by atoms with Crippen molar-refractivity contribution in [3.8, 4) is 0 Å². The fourth-order valence-electron chi connectivity index (χ4n) is 4.89. The van der Waals surface area contributed by atoms with Crippen LogP contribution in [0.25, 0.3) is 0 Å². The minimum atomic E-state index is -0.607. The zero-order chi connectivity index (χ0) is 16.2. The Morgan fingerprint density at radius 3 is 2.48 bits per heavy atom. The first kappa shape index (κ1) is 16.9. The smallest absolute Gasteiger partial charge is 0.229 e. The maximum atomic E-state index is 13.4. The molecule has 3 aliphatic heterocycles. The lowest BCUT2D eigenvalue weighted by Crippen LogP contribution is -2.55. The minimum absolute atomic E-state index is 0.0154. The highest BCUT2D eigenvalue weighted by Crippen LogP contribution is 2.59. The number of hydrogen-bond acceptors (Lipinski definition) is 6. The van der Waals surface area contributed by atoms with Crippen molar-refractivity contribution in [1.82, 2.24) is 4.90 Å². The van der Waals surface area contributed by atoms with Crippen LogP contribution in [0, 0.1) is 11.3 Å². The van der Waals surface area contributed by atoms with Crippen molar-refractivity contribution in [2.24, 2.45) is 11.3 Å². The average Bonchev–Trinajstić information content (AvgIpc) is 3.39. The summed E-state index contributed by atoms with van der Waals surface area (Å²) in [5.41, 5.74) is -0.484. The van der Waals surface area contributed by atoms with Crippen LogP contribution in [0.4, 0.5) is 0 Å². The fraction of sp³-hybridized carbons (Fsp3) is 0.938. The Balaban J connectivity index is 1.53. The first-order valence-electron chi connectivity index (χ1n) is 8.55. The lowest BCUT2D eigenvalue weighted by molar-refractivity contribution is -0.147. The molecule has 4 atom stereocenters. The summed E-state index contributed by atoms with van der Waals surface area (Å²) in [6, 6.07) is 0.445. The third-order valence-corrected chi connectivity index (χ3v) is 8.59. The van der Waals surface area contributed by atoms with Gasteiger partial charge in [-0.05, 0) is 60.7 Å². The number of amides is 1. The first-order valence-corrected chi connectivity index (χ1v) is 11.9. The summed E-state index contributed by atoms with van der Waals surface area (Å²) in [7, 11) is 3.24. The average molecular weight is 376 g/mol. The molecule has 0 aromatic heterocycles. The number of rotatable bonds is 6. The normalized spacial score (nSPS) is 41.7. The monoisotopic (exact) mass is 375 g/mol. The molecule has 0 spiro atoms. The molecule has 1 amide bonds. The zero-order valence-electron chi connectivity index (χ0n) is 13.4. The van der Waals surface area contributed by atoms with Crippen LogP contribution in [0.1, 0.15) is 45.4 Å². The molecule has 0 radical (unpaired) electrons. The summed E-state index contributed by atoms with van der Waals surface area (Å²) in [5, 5.41) is 10.4. The highest BCUT2D eigenvalue weighted by atomic mass is 33.5.